The van der Waals surface area contributed by atoms with E-state index in [0.29, 0.717) is 0 Å². The van der Waals surface area contributed by atoms with Gasteiger partial charge in [-0.2, -0.15) is 18.4 Å². The summed E-state index contributed by atoms with van der Waals surface area (Å²) in [4.78, 5) is 11.3. The quantitative estimate of drug-likeness (QED) is 0.455. The highest BCUT2D eigenvalue weighted by atomic mass is 35.5. The second-order valence-corrected chi connectivity index (χ2v) is 4.96. The summed E-state index contributed by atoms with van der Waals surface area (Å²) >= 11 is 5.93. The van der Waals surface area contributed by atoms with Gasteiger partial charge >= 0.3 is 12.1 Å². The van der Waals surface area contributed by atoms with E-state index in [1.807, 2.05) is 0 Å². The van der Waals surface area contributed by atoms with Gasteiger partial charge < -0.3 is 9.15 Å². The van der Waals surface area contributed by atoms with Gasteiger partial charge in [0.25, 0.3) is 0 Å². The van der Waals surface area contributed by atoms with Crippen molar-refractivity contribution in [2.45, 2.75) is 6.18 Å². The summed E-state index contributed by atoms with van der Waals surface area (Å²) in [5.41, 5.74) is -1.14. The lowest BCUT2D eigenvalue weighted by Crippen LogP contribution is -2.04. The normalized spacial score (nSPS) is 11.9. The van der Waals surface area contributed by atoms with Gasteiger partial charge in [0.05, 0.1) is 17.7 Å². The number of esters is 1. The van der Waals surface area contributed by atoms with Crippen molar-refractivity contribution in [2.24, 2.45) is 0 Å². The van der Waals surface area contributed by atoms with Crippen molar-refractivity contribution in [1.29, 1.82) is 5.26 Å². The fourth-order valence-corrected chi connectivity index (χ4v) is 2.07. The molecule has 1 heterocycles. The first-order chi connectivity index (χ1) is 11.3. The molecule has 0 unspecified atom stereocenters. The first-order valence-electron chi connectivity index (χ1n) is 6.43. The molecule has 0 atom stereocenters. The van der Waals surface area contributed by atoms with Gasteiger partial charge in [0.1, 0.15) is 23.2 Å². The van der Waals surface area contributed by atoms with Gasteiger partial charge in [0.2, 0.25) is 0 Å². The summed E-state index contributed by atoms with van der Waals surface area (Å²) in [6, 6.07) is 7.27. The van der Waals surface area contributed by atoms with Gasteiger partial charge in [-0.25, -0.2) is 4.79 Å². The highest BCUT2D eigenvalue weighted by Crippen LogP contribution is 2.36. The van der Waals surface area contributed by atoms with E-state index in [2.05, 4.69) is 4.74 Å². The number of carbonyl (C=O) groups excluding carboxylic acids is 1. The summed E-state index contributed by atoms with van der Waals surface area (Å²) in [7, 11) is 1.11. The van der Waals surface area contributed by atoms with Crippen LogP contribution in [-0.4, -0.2) is 13.1 Å². The minimum Gasteiger partial charge on any atom is -0.465 e. The molecule has 0 bridgehead atoms. The van der Waals surface area contributed by atoms with Crippen molar-refractivity contribution in [3.8, 4) is 17.4 Å². The number of nitriles is 1. The molecule has 1 aromatic heterocycles. The van der Waals surface area contributed by atoms with Crippen LogP contribution in [0, 0.1) is 11.3 Å². The number of nitrogens with zero attached hydrogens (tertiary/aromatic N) is 1. The number of furan rings is 1. The monoisotopic (exact) mass is 355 g/mol. The maximum absolute atomic E-state index is 12.8. The van der Waals surface area contributed by atoms with E-state index in [-0.39, 0.29) is 27.7 Å². The summed E-state index contributed by atoms with van der Waals surface area (Å²) < 4.78 is 48.2. The molecule has 2 aromatic rings. The standard InChI is InChI=1S/C16H9ClF3NO3/c1-23-15(22)9(8-21)6-11-3-5-14(24-11)12-7-10(16(18,19)20)2-4-13(12)17/h2-7H,1H3/b9-6+. The van der Waals surface area contributed by atoms with Crippen molar-refractivity contribution >= 4 is 23.6 Å². The number of rotatable bonds is 3. The minimum atomic E-state index is -4.52. The molecule has 0 aliphatic rings. The smallest absolute Gasteiger partial charge is 0.416 e. The van der Waals surface area contributed by atoms with E-state index in [4.69, 9.17) is 21.3 Å². The number of hydrogen-bond donors (Lipinski definition) is 0. The van der Waals surface area contributed by atoms with Crippen molar-refractivity contribution in [3.05, 3.63) is 52.3 Å². The summed E-state index contributed by atoms with van der Waals surface area (Å²) in [6.07, 6.45) is -3.40. The van der Waals surface area contributed by atoms with E-state index in [0.717, 1.165) is 31.4 Å². The summed E-state index contributed by atoms with van der Waals surface area (Å²) in [5.74, 6) is -0.688. The van der Waals surface area contributed by atoms with Crippen LogP contribution >= 0.6 is 11.6 Å². The molecule has 8 heteroatoms. The highest BCUT2D eigenvalue weighted by molar-refractivity contribution is 6.33. The van der Waals surface area contributed by atoms with Crippen LogP contribution in [0.5, 0.6) is 0 Å². The zero-order chi connectivity index (χ0) is 17.9. The second kappa shape index (κ2) is 6.81. The summed E-state index contributed by atoms with van der Waals surface area (Å²) in [6.45, 7) is 0. The largest absolute Gasteiger partial charge is 0.465 e. The molecule has 0 saturated heterocycles. The van der Waals surface area contributed by atoms with Crippen LogP contribution in [0.25, 0.3) is 17.4 Å². The predicted octanol–water partition coefficient (Wildman–Crippen LogP) is 4.70. The Morgan fingerprint density at radius 2 is 2.04 bits per heavy atom. The van der Waals surface area contributed by atoms with Gasteiger partial charge in [-0.05, 0) is 30.3 Å². The number of alkyl halides is 3. The minimum absolute atomic E-state index is 0.0442. The van der Waals surface area contributed by atoms with Crippen LogP contribution < -0.4 is 0 Å². The van der Waals surface area contributed by atoms with E-state index in [9.17, 15) is 18.0 Å². The Balaban J connectivity index is 2.43. The maximum Gasteiger partial charge on any atom is 0.416 e. The van der Waals surface area contributed by atoms with Gasteiger partial charge in [0.15, 0.2) is 0 Å². The van der Waals surface area contributed by atoms with Crippen LogP contribution in [0.15, 0.2) is 40.3 Å². The zero-order valence-electron chi connectivity index (χ0n) is 12.1. The molecule has 24 heavy (non-hydrogen) atoms. The fraction of sp³-hybridized carbons (Fsp3) is 0.125. The Morgan fingerprint density at radius 3 is 2.62 bits per heavy atom. The van der Waals surface area contributed by atoms with Gasteiger partial charge in [-0.1, -0.05) is 11.6 Å². The molecule has 0 spiro atoms. The van der Waals surface area contributed by atoms with Gasteiger partial charge in [-0.15, -0.1) is 0 Å². The van der Waals surface area contributed by atoms with Crippen LogP contribution in [-0.2, 0) is 15.7 Å². The van der Waals surface area contributed by atoms with Crippen molar-refractivity contribution in [1.82, 2.24) is 0 Å². The lowest BCUT2D eigenvalue weighted by molar-refractivity contribution is -0.137. The van der Waals surface area contributed by atoms with Crippen molar-refractivity contribution in [3.63, 3.8) is 0 Å². The fourth-order valence-electron chi connectivity index (χ4n) is 1.85. The lowest BCUT2D eigenvalue weighted by Gasteiger charge is -2.09. The number of benzene rings is 1. The molecule has 0 radical (unpaired) electrons. The molecule has 2 rings (SSSR count). The number of carbonyl (C=O) groups is 1. The molecule has 0 aliphatic heterocycles. The van der Waals surface area contributed by atoms with Crippen LogP contribution in [0.4, 0.5) is 13.2 Å². The third kappa shape index (κ3) is 3.78. The maximum atomic E-state index is 12.8. The van der Waals surface area contributed by atoms with Crippen LogP contribution in [0.2, 0.25) is 5.02 Å². The van der Waals surface area contributed by atoms with E-state index in [1.165, 1.54) is 12.1 Å². The number of halogens is 4. The molecule has 0 fully saturated rings. The Morgan fingerprint density at radius 1 is 1.33 bits per heavy atom. The molecule has 0 saturated carbocycles. The lowest BCUT2D eigenvalue weighted by atomic mass is 10.1. The first kappa shape index (κ1) is 17.6. The summed E-state index contributed by atoms with van der Waals surface area (Å²) in [5, 5.41) is 8.95. The SMILES string of the molecule is COC(=O)/C(C#N)=C/c1ccc(-c2cc(C(F)(F)F)ccc2Cl)o1. The number of methoxy groups -OCH3 is 1. The Labute approximate surface area is 139 Å². The first-order valence-corrected chi connectivity index (χ1v) is 6.81. The van der Waals surface area contributed by atoms with Crippen LogP contribution in [0.1, 0.15) is 11.3 Å². The third-order valence-corrected chi connectivity index (χ3v) is 3.33. The Hall–Kier alpha value is -2.72. The second-order valence-electron chi connectivity index (χ2n) is 4.56. The highest BCUT2D eigenvalue weighted by Gasteiger charge is 2.31. The third-order valence-electron chi connectivity index (χ3n) is 3.00. The van der Waals surface area contributed by atoms with Gasteiger partial charge in [-0.3, -0.25) is 0 Å². The predicted molar refractivity (Wildman–Crippen MR) is 79.8 cm³/mol. The van der Waals surface area contributed by atoms with E-state index < -0.39 is 17.7 Å². The molecule has 1 aromatic carbocycles. The van der Waals surface area contributed by atoms with E-state index in [1.54, 1.807) is 6.07 Å². The van der Waals surface area contributed by atoms with Gasteiger partial charge in [0, 0.05) is 11.6 Å². The zero-order valence-corrected chi connectivity index (χ0v) is 12.9. The molecule has 0 aliphatic carbocycles. The van der Waals surface area contributed by atoms with Crippen molar-refractivity contribution < 1.29 is 27.1 Å². The Bertz CT molecular complexity index is 847. The molecule has 0 N–H and O–H groups in total. The van der Waals surface area contributed by atoms with E-state index >= 15 is 0 Å². The molecular formula is C16H9ClF3NO3. The number of hydrogen-bond acceptors (Lipinski definition) is 4. The molecule has 0 amide bonds. The van der Waals surface area contributed by atoms with Crippen molar-refractivity contribution in [2.75, 3.05) is 7.11 Å². The van der Waals surface area contributed by atoms with Crippen LogP contribution in [0.3, 0.4) is 0 Å². The molecule has 124 valence electrons. The average molecular weight is 356 g/mol. The topological polar surface area (TPSA) is 63.2 Å². The molecular weight excluding hydrogens is 347 g/mol. The average Bonchev–Trinajstić information content (AvgIpc) is 2.99. The number of ether oxygens (including phenoxy) is 1. The Kier molecular flexibility index (Phi) is 5.00. The molecule has 4 nitrogen and oxygen atoms in total.